The van der Waals surface area contributed by atoms with Gasteiger partial charge in [-0.3, -0.25) is 0 Å². The van der Waals surface area contributed by atoms with Crippen molar-refractivity contribution in [2.45, 2.75) is 77.3 Å². The van der Waals surface area contributed by atoms with Gasteiger partial charge in [-0.05, 0) is 49.9 Å². The first-order valence-electron chi connectivity index (χ1n) is 9.19. The van der Waals surface area contributed by atoms with E-state index in [-0.39, 0.29) is 0 Å². The fourth-order valence-corrected chi connectivity index (χ4v) is 4.45. The van der Waals surface area contributed by atoms with E-state index in [9.17, 15) is 0 Å². The smallest absolute Gasteiger partial charge is 0.0200 e. The Morgan fingerprint density at radius 3 is 2.30 bits per heavy atom. The first-order valence-corrected chi connectivity index (χ1v) is 9.19. The van der Waals surface area contributed by atoms with E-state index in [4.69, 9.17) is 0 Å². The van der Waals surface area contributed by atoms with E-state index in [1.807, 2.05) is 0 Å². The summed E-state index contributed by atoms with van der Waals surface area (Å²) in [7, 11) is 0. The second-order valence-electron chi connectivity index (χ2n) is 8.10. The molecule has 3 fully saturated rings. The lowest BCUT2D eigenvalue weighted by molar-refractivity contribution is 0.0812. The van der Waals surface area contributed by atoms with Gasteiger partial charge in [0, 0.05) is 31.7 Å². The van der Waals surface area contributed by atoms with Crippen molar-refractivity contribution in [3.05, 3.63) is 0 Å². The van der Waals surface area contributed by atoms with Crippen molar-refractivity contribution in [3.63, 3.8) is 0 Å². The van der Waals surface area contributed by atoms with Gasteiger partial charge in [-0.2, -0.15) is 0 Å². The lowest BCUT2D eigenvalue weighted by atomic mass is 9.82. The molecule has 2 atom stereocenters. The van der Waals surface area contributed by atoms with E-state index < -0.39 is 0 Å². The molecule has 0 radical (unpaired) electrons. The molecule has 2 unspecified atom stereocenters. The van der Waals surface area contributed by atoms with Crippen molar-refractivity contribution in [1.82, 2.24) is 10.2 Å². The molecule has 0 amide bonds. The van der Waals surface area contributed by atoms with E-state index in [1.54, 1.807) is 0 Å². The molecule has 0 bridgehead atoms. The molecule has 3 aliphatic rings. The summed E-state index contributed by atoms with van der Waals surface area (Å²) in [6.45, 7) is 8.90. The fourth-order valence-electron chi connectivity index (χ4n) is 4.45. The molecule has 2 heteroatoms. The highest BCUT2D eigenvalue weighted by Crippen LogP contribution is 2.31. The van der Waals surface area contributed by atoms with E-state index in [2.05, 4.69) is 24.1 Å². The average molecular weight is 278 g/mol. The summed E-state index contributed by atoms with van der Waals surface area (Å²) < 4.78 is 0. The second kappa shape index (κ2) is 6.79. The zero-order valence-corrected chi connectivity index (χ0v) is 13.6. The Bertz CT molecular complexity index is 290. The standard InChI is InChI=1S/C18H34N2/c1-14(2)16-10-18(19-17-8-3-4-9-17)13-20(12-16)11-15-6-5-7-15/h14-19H,3-13H2,1-2H3. The number of nitrogens with zero attached hydrogens (tertiary/aromatic N) is 1. The maximum absolute atomic E-state index is 4.00. The lowest BCUT2D eigenvalue weighted by Gasteiger charge is -2.43. The molecule has 1 N–H and O–H groups in total. The average Bonchev–Trinajstić information content (AvgIpc) is 2.86. The minimum atomic E-state index is 0.763. The highest BCUT2D eigenvalue weighted by Gasteiger charge is 2.32. The summed E-state index contributed by atoms with van der Waals surface area (Å²) in [4.78, 5) is 2.80. The van der Waals surface area contributed by atoms with Crippen LogP contribution in [0.2, 0.25) is 0 Å². The zero-order valence-electron chi connectivity index (χ0n) is 13.6. The Hall–Kier alpha value is -0.0800. The van der Waals surface area contributed by atoms with Crippen LogP contribution in [0.1, 0.15) is 65.2 Å². The van der Waals surface area contributed by atoms with Gasteiger partial charge in [0.05, 0.1) is 0 Å². The van der Waals surface area contributed by atoms with Gasteiger partial charge in [-0.1, -0.05) is 33.1 Å². The first kappa shape index (κ1) is 14.8. The predicted octanol–water partition coefficient (Wildman–Crippen LogP) is 3.67. The number of hydrogen-bond donors (Lipinski definition) is 1. The molecule has 0 aromatic rings. The molecule has 116 valence electrons. The Morgan fingerprint density at radius 1 is 0.950 bits per heavy atom. The molecule has 0 spiro atoms. The van der Waals surface area contributed by atoms with Crippen LogP contribution in [0.4, 0.5) is 0 Å². The molecule has 0 aromatic heterocycles. The molecule has 20 heavy (non-hydrogen) atoms. The maximum Gasteiger partial charge on any atom is 0.0200 e. The predicted molar refractivity (Wildman–Crippen MR) is 85.9 cm³/mol. The van der Waals surface area contributed by atoms with Crippen molar-refractivity contribution in [3.8, 4) is 0 Å². The molecule has 2 aliphatic carbocycles. The van der Waals surface area contributed by atoms with Crippen LogP contribution in [0.15, 0.2) is 0 Å². The van der Waals surface area contributed by atoms with E-state index in [1.165, 1.54) is 71.0 Å². The molecule has 2 saturated carbocycles. The third kappa shape index (κ3) is 3.76. The summed E-state index contributed by atoms with van der Waals surface area (Å²) in [5, 5.41) is 4.00. The molecular weight excluding hydrogens is 244 g/mol. The highest BCUT2D eigenvalue weighted by atomic mass is 15.2. The van der Waals surface area contributed by atoms with Gasteiger partial charge in [0.1, 0.15) is 0 Å². The molecule has 1 saturated heterocycles. The Kier molecular flexibility index (Phi) is 5.04. The van der Waals surface area contributed by atoms with E-state index >= 15 is 0 Å². The summed E-state index contributed by atoms with van der Waals surface area (Å²) in [5.41, 5.74) is 0. The van der Waals surface area contributed by atoms with Crippen LogP contribution in [0, 0.1) is 17.8 Å². The number of rotatable bonds is 5. The molecule has 1 aliphatic heterocycles. The van der Waals surface area contributed by atoms with Crippen LogP contribution < -0.4 is 5.32 Å². The maximum atomic E-state index is 4.00. The SMILES string of the molecule is CC(C)C1CC(NC2CCCC2)CN(CC2CCC2)C1. The summed E-state index contributed by atoms with van der Waals surface area (Å²) in [6, 6.07) is 1.59. The van der Waals surface area contributed by atoms with Crippen LogP contribution >= 0.6 is 0 Å². The van der Waals surface area contributed by atoms with Crippen LogP contribution in [-0.4, -0.2) is 36.6 Å². The quantitative estimate of drug-likeness (QED) is 0.825. The van der Waals surface area contributed by atoms with Gasteiger partial charge in [-0.25, -0.2) is 0 Å². The van der Waals surface area contributed by atoms with Crippen LogP contribution in [0.25, 0.3) is 0 Å². The van der Waals surface area contributed by atoms with Crippen LogP contribution in [-0.2, 0) is 0 Å². The van der Waals surface area contributed by atoms with Crippen molar-refractivity contribution >= 4 is 0 Å². The minimum absolute atomic E-state index is 0.763. The molecular formula is C18H34N2. The normalized spacial score (nSPS) is 33.8. The fraction of sp³-hybridized carbons (Fsp3) is 1.00. The lowest BCUT2D eigenvalue weighted by Crippen LogP contribution is -2.53. The van der Waals surface area contributed by atoms with Gasteiger partial charge in [0.2, 0.25) is 0 Å². The zero-order chi connectivity index (χ0) is 13.9. The van der Waals surface area contributed by atoms with Gasteiger partial charge in [0.15, 0.2) is 0 Å². The summed E-state index contributed by atoms with van der Waals surface area (Å²) in [6.07, 6.45) is 11.6. The number of hydrogen-bond acceptors (Lipinski definition) is 2. The third-order valence-corrected chi connectivity index (χ3v) is 6.07. The van der Waals surface area contributed by atoms with Crippen LogP contribution in [0.5, 0.6) is 0 Å². The second-order valence-corrected chi connectivity index (χ2v) is 8.10. The molecule has 3 rings (SSSR count). The van der Waals surface area contributed by atoms with Gasteiger partial charge in [0.25, 0.3) is 0 Å². The molecule has 2 nitrogen and oxygen atoms in total. The number of likely N-dealkylation sites (tertiary alicyclic amines) is 1. The largest absolute Gasteiger partial charge is 0.310 e. The Balaban J connectivity index is 1.54. The number of piperidine rings is 1. The van der Waals surface area contributed by atoms with Crippen molar-refractivity contribution in [2.75, 3.05) is 19.6 Å². The van der Waals surface area contributed by atoms with Gasteiger partial charge >= 0.3 is 0 Å². The number of nitrogens with one attached hydrogen (secondary N) is 1. The third-order valence-electron chi connectivity index (χ3n) is 6.07. The Labute approximate surface area is 125 Å². The summed E-state index contributed by atoms with van der Waals surface area (Å²) in [5.74, 6) is 2.77. The van der Waals surface area contributed by atoms with Crippen molar-refractivity contribution in [1.29, 1.82) is 0 Å². The van der Waals surface area contributed by atoms with Gasteiger partial charge < -0.3 is 10.2 Å². The van der Waals surface area contributed by atoms with E-state index in [0.717, 1.165) is 29.8 Å². The first-order chi connectivity index (χ1) is 9.70. The van der Waals surface area contributed by atoms with E-state index in [0.29, 0.717) is 0 Å². The highest BCUT2D eigenvalue weighted by molar-refractivity contribution is 4.89. The minimum Gasteiger partial charge on any atom is -0.310 e. The van der Waals surface area contributed by atoms with Crippen molar-refractivity contribution in [2.24, 2.45) is 17.8 Å². The summed E-state index contributed by atoms with van der Waals surface area (Å²) >= 11 is 0. The van der Waals surface area contributed by atoms with Gasteiger partial charge in [-0.15, -0.1) is 0 Å². The Morgan fingerprint density at radius 2 is 1.70 bits per heavy atom. The van der Waals surface area contributed by atoms with Crippen LogP contribution in [0.3, 0.4) is 0 Å². The topological polar surface area (TPSA) is 15.3 Å². The monoisotopic (exact) mass is 278 g/mol. The van der Waals surface area contributed by atoms with Crippen molar-refractivity contribution < 1.29 is 0 Å². The molecule has 1 heterocycles. The molecule has 0 aromatic carbocycles.